The van der Waals surface area contributed by atoms with E-state index in [4.69, 9.17) is 0 Å². The van der Waals surface area contributed by atoms with Crippen molar-refractivity contribution in [2.24, 2.45) is 0 Å². The van der Waals surface area contributed by atoms with Gasteiger partial charge < -0.3 is 5.32 Å². The van der Waals surface area contributed by atoms with Gasteiger partial charge in [-0.05, 0) is 18.1 Å². The standard InChI is InChI=1S/C10H14N2O2/c1-3-4-8-5-6-9(11-2)10(7-8)12(13)14/h5-7,11H,3-4H2,1-2H3. The molecule has 0 saturated heterocycles. The van der Waals surface area contributed by atoms with Crippen molar-refractivity contribution in [2.45, 2.75) is 19.8 Å². The molecular formula is C10H14N2O2. The Bertz CT molecular complexity index is 337. The third-order valence-corrected chi connectivity index (χ3v) is 2.07. The molecule has 14 heavy (non-hydrogen) atoms. The predicted molar refractivity (Wildman–Crippen MR) is 56.6 cm³/mol. The van der Waals surface area contributed by atoms with Crippen LogP contribution in [0.2, 0.25) is 0 Å². The average molecular weight is 194 g/mol. The highest BCUT2D eigenvalue weighted by Gasteiger charge is 2.12. The van der Waals surface area contributed by atoms with Crippen LogP contribution in [-0.2, 0) is 6.42 Å². The van der Waals surface area contributed by atoms with Gasteiger partial charge in [0.2, 0.25) is 0 Å². The van der Waals surface area contributed by atoms with Crippen LogP contribution in [0.1, 0.15) is 18.9 Å². The highest BCUT2D eigenvalue weighted by Crippen LogP contribution is 2.25. The van der Waals surface area contributed by atoms with Gasteiger partial charge in [0.05, 0.1) is 4.92 Å². The highest BCUT2D eigenvalue weighted by molar-refractivity contribution is 5.62. The zero-order valence-corrected chi connectivity index (χ0v) is 8.41. The number of hydrogen-bond donors (Lipinski definition) is 1. The second-order valence-electron chi connectivity index (χ2n) is 3.11. The highest BCUT2D eigenvalue weighted by atomic mass is 16.6. The average Bonchev–Trinajstić information content (AvgIpc) is 2.18. The lowest BCUT2D eigenvalue weighted by Gasteiger charge is -2.04. The Kier molecular flexibility index (Phi) is 3.45. The number of benzene rings is 1. The molecule has 0 aliphatic carbocycles. The minimum absolute atomic E-state index is 0.151. The van der Waals surface area contributed by atoms with E-state index in [1.807, 2.05) is 6.07 Å². The lowest BCUT2D eigenvalue weighted by molar-refractivity contribution is -0.384. The Morgan fingerprint density at radius 1 is 1.50 bits per heavy atom. The van der Waals surface area contributed by atoms with Crippen LogP contribution >= 0.6 is 0 Å². The van der Waals surface area contributed by atoms with E-state index in [9.17, 15) is 10.1 Å². The third kappa shape index (κ3) is 2.22. The Morgan fingerprint density at radius 2 is 2.21 bits per heavy atom. The van der Waals surface area contributed by atoms with Crippen molar-refractivity contribution >= 4 is 11.4 Å². The second-order valence-corrected chi connectivity index (χ2v) is 3.11. The van der Waals surface area contributed by atoms with Gasteiger partial charge in [0.25, 0.3) is 5.69 Å². The van der Waals surface area contributed by atoms with Gasteiger partial charge in [0, 0.05) is 13.1 Å². The molecule has 0 unspecified atom stereocenters. The number of nitro groups is 1. The maximum Gasteiger partial charge on any atom is 0.292 e. The summed E-state index contributed by atoms with van der Waals surface area (Å²) < 4.78 is 0. The molecule has 0 heterocycles. The van der Waals surface area contributed by atoms with Gasteiger partial charge in [-0.3, -0.25) is 10.1 Å². The van der Waals surface area contributed by atoms with Gasteiger partial charge in [0.1, 0.15) is 5.69 Å². The molecule has 0 saturated carbocycles. The molecule has 0 aliphatic rings. The van der Waals surface area contributed by atoms with E-state index >= 15 is 0 Å². The number of nitro benzene ring substituents is 1. The number of hydrogen-bond acceptors (Lipinski definition) is 3. The summed E-state index contributed by atoms with van der Waals surface area (Å²) in [7, 11) is 1.68. The topological polar surface area (TPSA) is 55.2 Å². The minimum atomic E-state index is -0.356. The fraction of sp³-hybridized carbons (Fsp3) is 0.400. The van der Waals surface area contributed by atoms with Crippen LogP contribution in [0.15, 0.2) is 18.2 Å². The largest absolute Gasteiger partial charge is 0.383 e. The van der Waals surface area contributed by atoms with E-state index in [1.54, 1.807) is 19.2 Å². The fourth-order valence-corrected chi connectivity index (χ4v) is 1.38. The van der Waals surface area contributed by atoms with Crippen LogP contribution in [0.4, 0.5) is 11.4 Å². The summed E-state index contributed by atoms with van der Waals surface area (Å²) in [4.78, 5) is 10.3. The molecule has 4 nitrogen and oxygen atoms in total. The smallest absolute Gasteiger partial charge is 0.292 e. The molecule has 4 heteroatoms. The zero-order valence-electron chi connectivity index (χ0n) is 8.41. The lowest BCUT2D eigenvalue weighted by atomic mass is 10.1. The zero-order chi connectivity index (χ0) is 10.6. The van der Waals surface area contributed by atoms with E-state index < -0.39 is 0 Å². The summed E-state index contributed by atoms with van der Waals surface area (Å²) in [6, 6.07) is 5.31. The van der Waals surface area contributed by atoms with Crippen LogP contribution in [-0.4, -0.2) is 12.0 Å². The summed E-state index contributed by atoms with van der Waals surface area (Å²) in [6.45, 7) is 2.05. The maximum absolute atomic E-state index is 10.7. The number of aryl methyl sites for hydroxylation is 1. The van der Waals surface area contributed by atoms with Crippen LogP contribution in [0, 0.1) is 10.1 Å². The molecule has 1 N–H and O–H groups in total. The van der Waals surface area contributed by atoms with E-state index in [-0.39, 0.29) is 10.6 Å². The van der Waals surface area contributed by atoms with Gasteiger partial charge in [-0.25, -0.2) is 0 Å². The number of rotatable bonds is 4. The van der Waals surface area contributed by atoms with Crippen LogP contribution in [0.5, 0.6) is 0 Å². The molecule has 0 bridgehead atoms. The Balaban J connectivity index is 3.07. The van der Waals surface area contributed by atoms with Crippen LogP contribution in [0.3, 0.4) is 0 Å². The van der Waals surface area contributed by atoms with Crippen molar-refractivity contribution in [3.05, 3.63) is 33.9 Å². The molecule has 0 aromatic heterocycles. The van der Waals surface area contributed by atoms with Gasteiger partial charge in [-0.15, -0.1) is 0 Å². The monoisotopic (exact) mass is 194 g/mol. The fourth-order valence-electron chi connectivity index (χ4n) is 1.38. The van der Waals surface area contributed by atoms with Crippen molar-refractivity contribution in [1.29, 1.82) is 0 Å². The summed E-state index contributed by atoms with van der Waals surface area (Å²) >= 11 is 0. The van der Waals surface area contributed by atoms with Gasteiger partial charge in [-0.2, -0.15) is 0 Å². The molecule has 0 spiro atoms. The first-order valence-electron chi connectivity index (χ1n) is 4.64. The van der Waals surface area contributed by atoms with E-state index in [2.05, 4.69) is 12.2 Å². The van der Waals surface area contributed by atoms with Gasteiger partial charge in [-0.1, -0.05) is 19.4 Å². The lowest BCUT2D eigenvalue weighted by Crippen LogP contribution is -1.97. The van der Waals surface area contributed by atoms with Crippen molar-refractivity contribution < 1.29 is 4.92 Å². The summed E-state index contributed by atoms with van der Waals surface area (Å²) in [5.74, 6) is 0. The van der Waals surface area contributed by atoms with Gasteiger partial charge >= 0.3 is 0 Å². The summed E-state index contributed by atoms with van der Waals surface area (Å²) in [6.07, 6.45) is 1.88. The molecule has 0 fully saturated rings. The van der Waals surface area contributed by atoms with Gasteiger partial charge in [0.15, 0.2) is 0 Å². The molecular weight excluding hydrogens is 180 g/mol. The quantitative estimate of drug-likeness (QED) is 0.592. The van der Waals surface area contributed by atoms with Crippen molar-refractivity contribution in [3.63, 3.8) is 0 Å². The maximum atomic E-state index is 10.7. The predicted octanol–water partition coefficient (Wildman–Crippen LogP) is 2.59. The molecule has 1 aromatic carbocycles. The number of anilines is 1. The first-order chi connectivity index (χ1) is 6.69. The minimum Gasteiger partial charge on any atom is -0.383 e. The summed E-state index contributed by atoms with van der Waals surface area (Å²) in [5, 5.41) is 13.5. The van der Waals surface area contributed by atoms with Crippen molar-refractivity contribution in [1.82, 2.24) is 0 Å². The Morgan fingerprint density at radius 3 is 2.71 bits per heavy atom. The van der Waals surface area contributed by atoms with Crippen molar-refractivity contribution in [3.8, 4) is 0 Å². The Hall–Kier alpha value is -1.58. The first kappa shape index (κ1) is 10.5. The Labute approximate surface area is 83.1 Å². The molecule has 1 rings (SSSR count). The van der Waals surface area contributed by atoms with E-state index in [0.717, 1.165) is 18.4 Å². The third-order valence-electron chi connectivity index (χ3n) is 2.07. The normalized spacial score (nSPS) is 9.86. The molecule has 1 aromatic rings. The van der Waals surface area contributed by atoms with E-state index in [0.29, 0.717) is 5.69 Å². The molecule has 0 aliphatic heterocycles. The molecule has 0 amide bonds. The van der Waals surface area contributed by atoms with Crippen molar-refractivity contribution in [2.75, 3.05) is 12.4 Å². The molecule has 76 valence electrons. The first-order valence-corrected chi connectivity index (χ1v) is 4.64. The second kappa shape index (κ2) is 4.60. The SMILES string of the molecule is CCCc1ccc(NC)c([N+](=O)[O-])c1. The van der Waals surface area contributed by atoms with Crippen LogP contribution in [0.25, 0.3) is 0 Å². The number of nitrogens with one attached hydrogen (secondary N) is 1. The molecule has 0 atom stereocenters. The van der Waals surface area contributed by atoms with E-state index in [1.165, 1.54) is 0 Å². The van der Waals surface area contributed by atoms with Crippen LogP contribution < -0.4 is 5.32 Å². The summed E-state index contributed by atoms with van der Waals surface area (Å²) in [5.41, 5.74) is 1.73. The number of nitrogens with zero attached hydrogens (tertiary/aromatic N) is 1. The molecule has 0 radical (unpaired) electrons.